The third kappa shape index (κ3) is 6.42. The molecule has 4 rings (SSSR count). The van der Waals surface area contributed by atoms with Crippen LogP contribution >= 0.6 is 0 Å². The van der Waals surface area contributed by atoms with Crippen molar-refractivity contribution < 1.29 is 9.59 Å². The zero-order valence-corrected chi connectivity index (χ0v) is 19.2. The summed E-state index contributed by atoms with van der Waals surface area (Å²) in [5, 5.41) is 14.8. The molecule has 2 aromatic carbocycles. The average molecular weight is 448 g/mol. The van der Waals surface area contributed by atoms with Gasteiger partial charge in [0.2, 0.25) is 0 Å². The molecule has 0 bridgehead atoms. The van der Waals surface area contributed by atoms with Crippen LogP contribution < -0.4 is 21.0 Å². The van der Waals surface area contributed by atoms with E-state index < -0.39 is 6.03 Å². The van der Waals surface area contributed by atoms with Crippen LogP contribution in [-0.2, 0) is 11.3 Å². The maximum Gasteiger partial charge on any atom is 0.324 e. The highest BCUT2D eigenvalue weighted by molar-refractivity contribution is 6.16. The van der Waals surface area contributed by atoms with Crippen molar-refractivity contribution in [3.63, 3.8) is 0 Å². The largest absolute Gasteiger partial charge is 0.324 e. The van der Waals surface area contributed by atoms with Crippen LogP contribution in [0.25, 0.3) is 0 Å². The Bertz CT molecular complexity index is 985. The predicted molar refractivity (Wildman–Crippen MR) is 132 cm³/mol. The lowest BCUT2D eigenvalue weighted by atomic mass is 9.85. The third-order valence-electron chi connectivity index (χ3n) is 6.35. The summed E-state index contributed by atoms with van der Waals surface area (Å²) < 4.78 is 0. The standard InChI is InChI=1S/C26H33N5O2/c1-19(16-20-10-4-2-5-11-20)27-18-21-12-8-9-15-23(21)28-26(33)29-24-17-25(32)31(30-24)22-13-6-3-7-14-22/h3,6-9,12-15,19-20,27H,2,4-5,10-11,16-18H2,1H3,(H2,28,29,30,33)/t19-/m0/s1. The highest BCUT2D eigenvalue weighted by atomic mass is 16.2. The van der Waals surface area contributed by atoms with Crippen LogP contribution in [0.2, 0.25) is 0 Å². The third-order valence-corrected chi connectivity index (χ3v) is 6.35. The number of hydrogen-bond acceptors (Lipinski definition) is 4. The number of hydrazone groups is 1. The smallest absolute Gasteiger partial charge is 0.310 e. The van der Waals surface area contributed by atoms with Gasteiger partial charge in [-0.05, 0) is 43.0 Å². The van der Waals surface area contributed by atoms with Crippen LogP contribution in [0.5, 0.6) is 0 Å². The lowest BCUT2D eigenvalue weighted by Crippen LogP contribution is -2.34. The Balaban J connectivity index is 1.31. The van der Waals surface area contributed by atoms with Crippen molar-refractivity contribution in [1.82, 2.24) is 10.6 Å². The highest BCUT2D eigenvalue weighted by Crippen LogP contribution is 2.27. The van der Waals surface area contributed by atoms with Crippen LogP contribution in [-0.4, -0.2) is 23.8 Å². The first kappa shape index (κ1) is 23.0. The Morgan fingerprint density at radius 2 is 1.76 bits per heavy atom. The molecule has 2 aliphatic rings. The quantitative estimate of drug-likeness (QED) is 0.558. The lowest BCUT2D eigenvalue weighted by molar-refractivity contribution is -0.116. The monoisotopic (exact) mass is 447 g/mol. The van der Waals surface area contributed by atoms with Crippen LogP contribution in [0, 0.1) is 5.92 Å². The molecule has 0 radical (unpaired) electrons. The summed E-state index contributed by atoms with van der Waals surface area (Å²) in [4.78, 5) is 24.9. The van der Waals surface area contributed by atoms with Crippen LogP contribution in [0.4, 0.5) is 16.2 Å². The number of nitrogens with one attached hydrogen (secondary N) is 3. The number of para-hydroxylation sites is 2. The van der Waals surface area contributed by atoms with Gasteiger partial charge in [0.25, 0.3) is 5.91 Å². The van der Waals surface area contributed by atoms with Gasteiger partial charge < -0.3 is 10.6 Å². The Kier molecular flexibility index (Phi) is 7.73. The van der Waals surface area contributed by atoms with E-state index >= 15 is 0 Å². The highest BCUT2D eigenvalue weighted by Gasteiger charge is 2.26. The number of hydrogen-bond donors (Lipinski definition) is 3. The average Bonchev–Trinajstić information content (AvgIpc) is 3.19. The van der Waals surface area contributed by atoms with E-state index in [4.69, 9.17) is 0 Å². The van der Waals surface area contributed by atoms with Crippen molar-refractivity contribution in [2.75, 3.05) is 10.3 Å². The predicted octanol–water partition coefficient (Wildman–Crippen LogP) is 5.01. The zero-order chi connectivity index (χ0) is 23.0. The number of amidine groups is 1. The van der Waals surface area contributed by atoms with Crippen molar-refractivity contribution in [2.24, 2.45) is 11.0 Å². The van der Waals surface area contributed by atoms with E-state index in [0.29, 0.717) is 24.1 Å². The number of amides is 3. The summed E-state index contributed by atoms with van der Waals surface area (Å²) in [7, 11) is 0. The molecule has 0 aromatic heterocycles. The number of carbonyl (C=O) groups is 2. The first-order valence-corrected chi connectivity index (χ1v) is 11.9. The van der Waals surface area contributed by atoms with Gasteiger partial charge in [-0.25, -0.2) is 4.79 Å². The zero-order valence-electron chi connectivity index (χ0n) is 19.2. The van der Waals surface area contributed by atoms with Gasteiger partial charge in [-0.3, -0.25) is 10.1 Å². The molecule has 174 valence electrons. The second kappa shape index (κ2) is 11.1. The van der Waals surface area contributed by atoms with Crippen LogP contribution in [0.1, 0.15) is 57.4 Å². The molecular formula is C26H33N5O2. The van der Waals surface area contributed by atoms with Gasteiger partial charge in [0.15, 0.2) is 0 Å². The molecule has 1 atom stereocenters. The molecule has 7 nitrogen and oxygen atoms in total. The molecule has 33 heavy (non-hydrogen) atoms. The second-order valence-corrected chi connectivity index (χ2v) is 9.02. The van der Waals surface area contributed by atoms with E-state index in [-0.39, 0.29) is 12.3 Å². The lowest BCUT2D eigenvalue weighted by Gasteiger charge is -2.25. The first-order chi connectivity index (χ1) is 16.1. The molecule has 7 heteroatoms. The van der Waals surface area contributed by atoms with Crippen molar-refractivity contribution in [3.8, 4) is 0 Å². The van der Waals surface area contributed by atoms with Crippen molar-refractivity contribution in [1.29, 1.82) is 0 Å². The van der Waals surface area contributed by atoms with Crippen molar-refractivity contribution in [2.45, 2.75) is 64.5 Å². The topological polar surface area (TPSA) is 85.8 Å². The van der Waals surface area contributed by atoms with E-state index in [0.717, 1.165) is 17.2 Å². The first-order valence-electron chi connectivity index (χ1n) is 11.9. The minimum atomic E-state index is -0.404. The van der Waals surface area contributed by atoms with Crippen LogP contribution in [0.15, 0.2) is 59.7 Å². The van der Waals surface area contributed by atoms with E-state index in [1.54, 1.807) is 0 Å². The van der Waals surface area contributed by atoms with Crippen molar-refractivity contribution in [3.05, 3.63) is 60.2 Å². The Morgan fingerprint density at radius 1 is 1.03 bits per heavy atom. The minimum Gasteiger partial charge on any atom is -0.310 e. The fraction of sp³-hybridized carbons (Fsp3) is 0.423. The minimum absolute atomic E-state index is 0.0597. The van der Waals surface area contributed by atoms with Gasteiger partial charge in [-0.2, -0.15) is 10.1 Å². The number of anilines is 2. The Morgan fingerprint density at radius 3 is 2.55 bits per heavy atom. The normalized spacial score (nSPS) is 17.5. The SMILES string of the molecule is C[C@@H](CC1CCCCC1)NCc1ccccc1NC(=O)NC1=NN(c2ccccc2)C(=O)C1. The van der Waals surface area contributed by atoms with Gasteiger partial charge in [-0.1, -0.05) is 68.5 Å². The molecular weight excluding hydrogens is 414 g/mol. The van der Waals surface area contributed by atoms with Gasteiger partial charge in [0.05, 0.1) is 12.1 Å². The van der Waals surface area contributed by atoms with Gasteiger partial charge in [0, 0.05) is 18.3 Å². The summed E-state index contributed by atoms with van der Waals surface area (Å²) in [5.41, 5.74) is 2.45. The van der Waals surface area contributed by atoms with E-state index in [1.165, 1.54) is 43.5 Å². The molecule has 1 fully saturated rings. The fourth-order valence-electron chi connectivity index (χ4n) is 4.64. The number of nitrogens with zero attached hydrogens (tertiary/aromatic N) is 2. The number of rotatable bonds is 7. The second-order valence-electron chi connectivity index (χ2n) is 9.02. The molecule has 0 spiro atoms. The van der Waals surface area contributed by atoms with Gasteiger partial charge in [0.1, 0.15) is 5.84 Å². The summed E-state index contributed by atoms with van der Waals surface area (Å²) >= 11 is 0. The molecule has 0 unspecified atom stereocenters. The summed E-state index contributed by atoms with van der Waals surface area (Å²) in [5.74, 6) is 0.983. The Labute approximate surface area is 195 Å². The fourth-order valence-corrected chi connectivity index (χ4v) is 4.64. The summed E-state index contributed by atoms with van der Waals surface area (Å²) in [6, 6.07) is 17.0. The van der Waals surface area contributed by atoms with E-state index in [2.05, 4.69) is 28.0 Å². The van der Waals surface area contributed by atoms with E-state index in [1.807, 2.05) is 54.6 Å². The molecule has 3 amide bonds. The summed E-state index contributed by atoms with van der Waals surface area (Å²) in [6.45, 7) is 2.93. The Hall–Kier alpha value is -3.19. The molecule has 1 aliphatic heterocycles. The van der Waals surface area contributed by atoms with Gasteiger partial charge in [-0.15, -0.1) is 0 Å². The molecule has 0 saturated heterocycles. The molecule has 2 aromatic rings. The number of urea groups is 1. The maximum atomic E-state index is 12.6. The van der Waals surface area contributed by atoms with Gasteiger partial charge >= 0.3 is 6.03 Å². The number of benzene rings is 2. The maximum absolute atomic E-state index is 12.6. The van der Waals surface area contributed by atoms with Crippen LogP contribution in [0.3, 0.4) is 0 Å². The molecule has 3 N–H and O–H groups in total. The molecule has 1 heterocycles. The number of carbonyl (C=O) groups excluding carboxylic acids is 2. The molecule has 1 saturated carbocycles. The van der Waals surface area contributed by atoms with E-state index in [9.17, 15) is 9.59 Å². The molecule has 1 aliphatic carbocycles. The van der Waals surface area contributed by atoms with Crippen molar-refractivity contribution >= 4 is 29.1 Å². The summed E-state index contributed by atoms with van der Waals surface area (Å²) in [6.07, 6.45) is 8.05.